The van der Waals surface area contributed by atoms with Gasteiger partial charge in [0.1, 0.15) is 17.3 Å². The Morgan fingerprint density at radius 2 is 2.05 bits per heavy atom. The Labute approximate surface area is 112 Å². The number of hydrogen-bond donors (Lipinski definition) is 2. The molecular weight excluding hydrogens is 245 g/mol. The van der Waals surface area contributed by atoms with E-state index in [9.17, 15) is 4.39 Å². The SMILES string of the molecule is CCC(CO)NCc1ccc(-c2ccccc2F)o1. The van der Waals surface area contributed by atoms with Gasteiger partial charge in [-0.3, -0.25) is 0 Å². The topological polar surface area (TPSA) is 45.4 Å². The maximum atomic E-state index is 13.6. The van der Waals surface area contributed by atoms with E-state index in [2.05, 4.69) is 5.32 Å². The second-order valence-corrected chi connectivity index (χ2v) is 4.41. The maximum Gasteiger partial charge on any atom is 0.137 e. The smallest absolute Gasteiger partial charge is 0.137 e. The van der Waals surface area contributed by atoms with Crippen LogP contribution >= 0.6 is 0 Å². The van der Waals surface area contributed by atoms with E-state index in [-0.39, 0.29) is 18.5 Å². The Kier molecular flexibility index (Phi) is 4.71. The number of halogens is 1. The average Bonchev–Trinajstić information content (AvgIpc) is 2.89. The molecular formula is C15H18FNO2. The van der Waals surface area contributed by atoms with Crippen molar-refractivity contribution in [1.82, 2.24) is 5.32 Å². The second kappa shape index (κ2) is 6.50. The van der Waals surface area contributed by atoms with Crippen molar-refractivity contribution in [1.29, 1.82) is 0 Å². The Balaban J connectivity index is 2.05. The van der Waals surface area contributed by atoms with E-state index in [0.717, 1.165) is 12.2 Å². The first-order valence-corrected chi connectivity index (χ1v) is 6.42. The largest absolute Gasteiger partial charge is 0.460 e. The molecule has 4 heteroatoms. The summed E-state index contributed by atoms with van der Waals surface area (Å²) >= 11 is 0. The van der Waals surface area contributed by atoms with Crippen molar-refractivity contribution in [3.8, 4) is 11.3 Å². The summed E-state index contributed by atoms with van der Waals surface area (Å²) in [5.41, 5.74) is 0.461. The van der Waals surface area contributed by atoms with Gasteiger partial charge >= 0.3 is 0 Å². The fraction of sp³-hybridized carbons (Fsp3) is 0.333. The molecule has 1 heterocycles. The fourth-order valence-corrected chi connectivity index (χ4v) is 1.86. The molecule has 0 bridgehead atoms. The summed E-state index contributed by atoms with van der Waals surface area (Å²) in [5.74, 6) is 0.954. The molecule has 0 amide bonds. The van der Waals surface area contributed by atoms with Gasteiger partial charge in [-0.1, -0.05) is 19.1 Å². The van der Waals surface area contributed by atoms with Crippen LogP contribution in [0.5, 0.6) is 0 Å². The van der Waals surface area contributed by atoms with Crippen molar-refractivity contribution in [2.24, 2.45) is 0 Å². The normalized spacial score (nSPS) is 12.6. The molecule has 3 nitrogen and oxygen atoms in total. The molecule has 102 valence electrons. The highest BCUT2D eigenvalue weighted by molar-refractivity contribution is 5.58. The molecule has 0 saturated heterocycles. The van der Waals surface area contributed by atoms with Crippen LogP contribution < -0.4 is 5.32 Å². The maximum absolute atomic E-state index is 13.6. The number of rotatable bonds is 6. The summed E-state index contributed by atoms with van der Waals surface area (Å²) < 4.78 is 19.2. The molecule has 0 radical (unpaired) electrons. The van der Waals surface area contributed by atoms with Crippen LogP contribution in [0.25, 0.3) is 11.3 Å². The van der Waals surface area contributed by atoms with Gasteiger partial charge < -0.3 is 14.8 Å². The predicted octanol–water partition coefficient (Wildman–Crippen LogP) is 2.95. The molecule has 0 fully saturated rings. The highest BCUT2D eigenvalue weighted by Crippen LogP contribution is 2.24. The molecule has 0 aliphatic rings. The van der Waals surface area contributed by atoms with Gasteiger partial charge in [0.05, 0.1) is 18.7 Å². The minimum Gasteiger partial charge on any atom is -0.460 e. The van der Waals surface area contributed by atoms with Gasteiger partial charge in [0, 0.05) is 6.04 Å². The van der Waals surface area contributed by atoms with Crippen LogP contribution in [0, 0.1) is 5.82 Å². The van der Waals surface area contributed by atoms with Crippen molar-refractivity contribution >= 4 is 0 Å². The lowest BCUT2D eigenvalue weighted by Gasteiger charge is -2.12. The van der Waals surface area contributed by atoms with E-state index < -0.39 is 0 Å². The van der Waals surface area contributed by atoms with E-state index in [0.29, 0.717) is 17.9 Å². The number of benzene rings is 1. The summed E-state index contributed by atoms with van der Waals surface area (Å²) in [6.07, 6.45) is 0.845. The van der Waals surface area contributed by atoms with Crippen LogP contribution in [-0.2, 0) is 6.54 Å². The van der Waals surface area contributed by atoms with Gasteiger partial charge in [0.2, 0.25) is 0 Å². The van der Waals surface area contributed by atoms with Crippen LogP contribution in [0.1, 0.15) is 19.1 Å². The first-order valence-electron chi connectivity index (χ1n) is 6.42. The lowest BCUT2D eigenvalue weighted by molar-refractivity contribution is 0.235. The van der Waals surface area contributed by atoms with Gasteiger partial charge in [-0.05, 0) is 30.7 Å². The lowest BCUT2D eigenvalue weighted by atomic mass is 10.1. The van der Waals surface area contributed by atoms with Crippen molar-refractivity contribution in [2.45, 2.75) is 25.9 Å². The molecule has 2 aromatic rings. The van der Waals surface area contributed by atoms with E-state index in [1.54, 1.807) is 24.3 Å². The van der Waals surface area contributed by atoms with Gasteiger partial charge in [-0.2, -0.15) is 0 Å². The Hall–Kier alpha value is -1.65. The highest BCUT2D eigenvalue weighted by atomic mass is 19.1. The number of aliphatic hydroxyl groups excluding tert-OH is 1. The second-order valence-electron chi connectivity index (χ2n) is 4.41. The van der Waals surface area contributed by atoms with Crippen LogP contribution in [0.15, 0.2) is 40.8 Å². The summed E-state index contributed by atoms with van der Waals surface area (Å²) in [6, 6.07) is 10.2. The standard InChI is InChI=1S/C15H18FNO2/c1-2-11(10-18)17-9-12-7-8-15(19-12)13-5-3-4-6-14(13)16/h3-8,11,17-18H,2,9-10H2,1H3. The molecule has 0 saturated carbocycles. The van der Waals surface area contributed by atoms with Crippen LogP contribution in [0.4, 0.5) is 4.39 Å². The molecule has 1 unspecified atom stereocenters. The molecule has 2 N–H and O–H groups in total. The fourth-order valence-electron chi connectivity index (χ4n) is 1.86. The number of aliphatic hydroxyl groups is 1. The highest BCUT2D eigenvalue weighted by Gasteiger charge is 2.10. The van der Waals surface area contributed by atoms with Gasteiger partial charge in [0.15, 0.2) is 0 Å². The van der Waals surface area contributed by atoms with Gasteiger partial charge in [0.25, 0.3) is 0 Å². The summed E-state index contributed by atoms with van der Waals surface area (Å²) in [6.45, 7) is 2.62. The molecule has 0 spiro atoms. The third kappa shape index (κ3) is 3.43. The molecule has 1 aromatic heterocycles. The predicted molar refractivity (Wildman–Crippen MR) is 72.1 cm³/mol. The van der Waals surface area contributed by atoms with Crippen molar-refractivity contribution < 1.29 is 13.9 Å². The molecule has 0 aliphatic heterocycles. The Morgan fingerprint density at radius 1 is 1.26 bits per heavy atom. The monoisotopic (exact) mass is 263 g/mol. The zero-order chi connectivity index (χ0) is 13.7. The van der Waals surface area contributed by atoms with E-state index in [1.807, 2.05) is 13.0 Å². The molecule has 1 aromatic carbocycles. The third-order valence-electron chi connectivity index (χ3n) is 3.08. The first-order chi connectivity index (χ1) is 9.24. The van der Waals surface area contributed by atoms with E-state index in [4.69, 9.17) is 9.52 Å². The number of nitrogens with one attached hydrogen (secondary N) is 1. The van der Waals surface area contributed by atoms with E-state index >= 15 is 0 Å². The Morgan fingerprint density at radius 3 is 2.74 bits per heavy atom. The summed E-state index contributed by atoms with van der Waals surface area (Å²) in [4.78, 5) is 0. The first kappa shape index (κ1) is 13.8. The molecule has 19 heavy (non-hydrogen) atoms. The zero-order valence-corrected chi connectivity index (χ0v) is 10.9. The van der Waals surface area contributed by atoms with Crippen LogP contribution in [0.3, 0.4) is 0 Å². The zero-order valence-electron chi connectivity index (χ0n) is 10.9. The average molecular weight is 263 g/mol. The quantitative estimate of drug-likeness (QED) is 0.842. The third-order valence-corrected chi connectivity index (χ3v) is 3.08. The molecule has 1 atom stereocenters. The minimum atomic E-state index is -0.293. The van der Waals surface area contributed by atoms with Crippen molar-refractivity contribution in [3.05, 3.63) is 48.0 Å². The van der Waals surface area contributed by atoms with E-state index in [1.165, 1.54) is 6.07 Å². The van der Waals surface area contributed by atoms with Gasteiger partial charge in [-0.25, -0.2) is 4.39 Å². The van der Waals surface area contributed by atoms with Crippen LogP contribution in [-0.4, -0.2) is 17.8 Å². The number of furan rings is 1. The molecule has 2 rings (SSSR count). The Bertz CT molecular complexity index is 520. The summed E-state index contributed by atoms with van der Waals surface area (Å²) in [7, 11) is 0. The van der Waals surface area contributed by atoms with Crippen molar-refractivity contribution in [2.75, 3.05) is 6.61 Å². The minimum absolute atomic E-state index is 0.0574. The summed E-state index contributed by atoms with van der Waals surface area (Å²) in [5, 5.41) is 12.3. The van der Waals surface area contributed by atoms with Crippen LogP contribution in [0.2, 0.25) is 0 Å². The molecule has 0 aliphatic carbocycles. The lowest BCUT2D eigenvalue weighted by Crippen LogP contribution is -2.30. The van der Waals surface area contributed by atoms with Crippen molar-refractivity contribution in [3.63, 3.8) is 0 Å². The van der Waals surface area contributed by atoms with Gasteiger partial charge in [-0.15, -0.1) is 0 Å². The number of hydrogen-bond acceptors (Lipinski definition) is 3.